The van der Waals surface area contributed by atoms with E-state index in [2.05, 4.69) is 32.2 Å². The molecule has 2 aromatic rings. The number of nitrogens with zero attached hydrogens (tertiary/aromatic N) is 5. The number of likely N-dealkylation sites (tertiary alicyclic amines) is 1. The summed E-state index contributed by atoms with van der Waals surface area (Å²) in [5, 5.41) is 8.63. The Morgan fingerprint density at radius 3 is 3.00 bits per heavy atom. The minimum atomic E-state index is -0.349. The Morgan fingerprint density at radius 2 is 2.25 bits per heavy atom. The summed E-state index contributed by atoms with van der Waals surface area (Å²) in [6.07, 6.45) is 6.98. The third-order valence-corrected chi connectivity index (χ3v) is 4.92. The van der Waals surface area contributed by atoms with Gasteiger partial charge in [-0.25, -0.2) is 14.6 Å². The maximum Gasteiger partial charge on any atom is 0.327 e. The van der Waals surface area contributed by atoms with Gasteiger partial charge in [0.15, 0.2) is 5.65 Å². The van der Waals surface area contributed by atoms with E-state index in [4.69, 9.17) is 4.74 Å². The Hall–Kier alpha value is -2.22. The lowest BCUT2D eigenvalue weighted by atomic mass is 10.2. The number of fused-ring (bicyclic) bond motifs is 1. The van der Waals surface area contributed by atoms with Gasteiger partial charge >= 0.3 is 5.97 Å². The summed E-state index contributed by atoms with van der Waals surface area (Å²) in [6, 6.07) is 1.76. The lowest BCUT2D eigenvalue weighted by Crippen LogP contribution is -2.31. The summed E-state index contributed by atoms with van der Waals surface area (Å²) in [4.78, 5) is 22.7. The van der Waals surface area contributed by atoms with E-state index in [0.717, 1.165) is 30.2 Å². The minimum Gasteiger partial charge on any atom is -0.468 e. The van der Waals surface area contributed by atoms with Gasteiger partial charge in [-0.1, -0.05) is 0 Å². The minimum absolute atomic E-state index is 0.0480. The molecule has 2 unspecified atom stereocenters. The van der Waals surface area contributed by atoms with Crippen LogP contribution in [-0.4, -0.2) is 62.4 Å². The van der Waals surface area contributed by atoms with Crippen LogP contribution in [0.5, 0.6) is 0 Å². The van der Waals surface area contributed by atoms with Crippen LogP contribution in [0.3, 0.4) is 0 Å². The highest BCUT2D eigenvalue weighted by Gasteiger charge is 2.38. The number of esters is 1. The van der Waals surface area contributed by atoms with Crippen molar-refractivity contribution in [1.82, 2.24) is 24.6 Å². The van der Waals surface area contributed by atoms with Crippen LogP contribution in [0.25, 0.3) is 11.0 Å². The van der Waals surface area contributed by atoms with E-state index in [1.165, 1.54) is 26.3 Å². The van der Waals surface area contributed by atoms with Crippen molar-refractivity contribution in [3.05, 3.63) is 12.5 Å². The summed E-state index contributed by atoms with van der Waals surface area (Å²) in [7, 11) is 1.36. The number of carbonyl (C=O) groups excluding carboxylic acids is 1. The summed E-state index contributed by atoms with van der Waals surface area (Å²) >= 11 is 0. The molecule has 1 aliphatic carbocycles. The molecule has 2 aromatic heterocycles. The van der Waals surface area contributed by atoms with Crippen molar-refractivity contribution < 1.29 is 9.53 Å². The van der Waals surface area contributed by atoms with Gasteiger partial charge in [0.05, 0.1) is 18.7 Å². The lowest BCUT2D eigenvalue weighted by Gasteiger charge is -2.19. The molecule has 8 heteroatoms. The van der Waals surface area contributed by atoms with E-state index in [1.54, 1.807) is 10.9 Å². The molecule has 1 N–H and O–H groups in total. The Labute approximate surface area is 140 Å². The number of anilines is 1. The van der Waals surface area contributed by atoms with Crippen LogP contribution < -0.4 is 5.32 Å². The zero-order chi connectivity index (χ0) is 16.7. The molecule has 0 radical (unpaired) electrons. The first kappa shape index (κ1) is 15.3. The van der Waals surface area contributed by atoms with E-state index in [-0.39, 0.29) is 12.5 Å². The average molecular weight is 330 g/mol. The molecule has 1 saturated heterocycles. The topological polar surface area (TPSA) is 85.2 Å². The number of nitrogens with one attached hydrogen (secondary N) is 1. The largest absolute Gasteiger partial charge is 0.468 e. The maximum absolute atomic E-state index is 11.5. The Bertz CT molecular complexity index is 756. The molecule has 2 fully saturated rings. The molecule has 0 aromatic carbocycles. The van der Waals surface area contributed by atoms with Gasteiger partial charge in [0.25, 0.3) is 0 Å². The summed E-state index contributed by atoms with van der Waals surface area (Å²) in [6.45, 7) is 3.39. The summed E-state index contributed by atoms with van der Waals surface area (Å²) in [5.74, 6) is 0.434. The second kappa shape index (κ2) is 6.01. The molecule has 0 amide bonds. The van der Waals surface area contributed by atoms with Gasteiger partial charge in [0.1, 0.15) is 18.7 Å². The quantitative estimate of drug-likeness (QED) is 0.820. The molecule has 4 rings (SSSR count). The zero-order valence-electron chi connectivity index (χ0n) is 14.0. The predicted molar refractivity (Wildman–Crippen MR) is 88.6 cm³/mol. The first-order valence-corrected chi connectivity index (χ1v) is 8.41. The molecule has 128 valence electrons. The number of carbonyl (C=O) groups is 1. The van der Waals surface area contributed by atoms with E-state index in [0.29, 0.717) is 17.7 Å². The highest BCUT2D eigenvalue weighted by atomic mass is 16.5. The number of ether oxygens (including phenoxy) is 1. The van der Waals surface area contributed by atoms with Gasteiger partial charge < -0.3 is 10.1 Å². The lowest BCUT2D eigenvalue weighted by molar-refractivity contribution is -0.141. The molecule has 0 spiro atoms. The number of methoxy groups -OCH3 is 1. The van der Waals surface area contributed by atoms with Gasteiger partial charge in [0.2, 0.25) is 0 Å². The first-order valence-electron chi connectivity index (χ1n) is 8.41. The normalized spacial score (nSPS) is 24.4. The van der Waals surface area contributed by atoms with Crippen LogP contribution in [-0.2, 0) is 16.1 Å². The van der Waals surface area contributed by atoms with Crippen molar-refractivity contribution in [1.29, 1.82) is 0 Å². The number of rotatable bonds is 5. The van der Waals surface area contributed by atoms with Gasteiger partial charge in [-0.2, -0.15) is 5.10 Å². The third-order valence-electron chi connectivity index (χ3n) is 4.92. The van der Waals surface area contributed by atoms with Crippen molar-refractivity contribution in [3.63, 3.8) is 0 Å². The fourth-order valence-corrected chi connectivity index (χ4v) is 3.58. The highest BCUT2D eigenvalue weighted by molar-refractivity contribution is 5.87. The van der Waals surface area contributed by atoms with Gasteiger partial charge in [-0.3, -0.25) is 9.69 Å². The smallest absolute Gasteiger partial charge is 0.327 e. The third kappa shape index (κ3) is 2.82. The number of aromatic nitrogens is 4. The summed E-state index contributed by atoms with van der Waals surface area (Å²) < 4.78 is 6.24. The van der Waals surface area contributed by atoms with E-state index in [9.17, 15) is 4.79 Å². The van der Waals surface area contributed by atoms with Gasteiger partial charge in [-0.05, 0) is 26.2 Å². The van der Waals surface area contributed by atoms with Crippen LogP contribution in [0.15, 0.2) is 12.5 Å². The molecule has 8 nitrogen and oxygen atoms in total. The van der Waals surface area contributed by atoms with Gasteiger partial charge in [0, 0.05) is 24.7 Å². The predicted octanol–water partition coefficient (Wildman–Crippen LogP) is 1.04. The molecule has 2 atom stereocenters. The highest BCUT2D eigenvalue weighted by Crippen LogP contribution is 2.34. The van der Waals surface area contributed by atoms with Crippen LogP contribution in [0.2, 0.25) is 0 Å². The molecule has 3 heterocycles. The zero-order valence-corrected chi connectivity index (χ0v) is 14.0. The Kier molecular flexibility index (Phi) is 3.84. The second-order valence-electron chi connectivity index (χ2n) is 6.69. The van der Waals surface area contributed by atoms with E-state index < -0.39 is 0 Å². The van der Waals surface area contributed by atoms with Crippen molar-refractivity contribution in [2.24, 2.45) is 0 Å². The van der Waals surface area contributed by atoms with E-state index in [1.807, 2.05) is 0 Å². The molecule has 24 heavy (non-hydrogen) atoms. The second-order valence-corrected chi connectivity index (χ2v) is 6.69. The molecular weight excluding hydrogens is 308 g/mol. The maximum atomic E-state index is 11.5. The monoisotopic (exact) mass is 330 g/mol. The Morgan fingerprint density at radius 1 is 1.42 bits per heavy atom. The number of hydrogen-bond acceptors (Lipinski definition) is 7. The fourth-order valence-electron chi connectivity index (χ4n) is 3.58. The van der Waals surface area contributed by atoms with Crippen LogP contribution in [0, 0.1) is 0 Å². The molecule has 2 aliphatic rings. The first-order chi connectivity index (χ1) is 11.7. The SMILES string of the molecule is COC(=O)Cn1ncc2c(NC3CC(C)N(C4CC4)C3)ncnc21. The number of hydrogen-bond donors (Lipinski definition) is 1. The van der Waals surface area contributed by atoms with Crippen molar-refractivity contribution in [3.8, 4) is 0 Å². The fraction of sp³-hybridized carbons (Fsp3) is 0.625. The van der Waals surface area contributed by atoms with Crippen molar-refractivity contribution in [2.45, 2.75) is 50.9 Å². The average Bonchev–Trinajstić information content (AvgIpc) is 3.24. The van der Waals surface area contributed by atoms with Crippen molar-refractivity contribution in [2.75, 3.05) is 19.0 Å². The molecule has 0 bridgehead atoms. The Balaban J connectivity index is 1.53. The van der Waals surface area contributed by atoms with Gasteiger partial charge in [-0.15, -0.1) is 0 Å². The standard InChI is InChI=1S/C16H22N6O2/c1-10-5-11(7-21(10)12-3-4-12)20-15-13-6-19-22(8-14(23)24-2)16(13)18-9-17-15/h6,9-12H,3-5,7-8H2,1-2H3,(H,17,18,20). The van der Waals surface area contributed by atoms with E-state index >= 15 is 0 Å². The van der Waals surface area contributed by atoms with Crippen LogP contribution in [0.1, 0.15) is 26.2 Å². The van der Waals surface area contributed by atoms with Crippen LogP contribution in [0.4, 0.5) is 5.82 Å². The van der Waals surface area contributed by atoms with Crippen LogP contribution >= 0.6 is 0 Å². The molecular formula is C16H22N6O2. The van der Waals surface area contributed by atoms with Crippen molar-refractivity contribution >= 4 is 22.8 Å². The molecule has 1 aliphatic heterocycles. The summed E-state index contributed by atoms with van der Waals surface area (Å²) in [5.41, 5.74) is 0.642. The molecule has 1 saturated carbocycles.